The van der Waals surface area contributed by atoms with E-state index in [1.165, 1.54) is 6.92 Å². The highest BCUT2D eigenvalue weighted by molar-refractivity contribution is 5.65. The number of rotatable bonds is 8. The molecule has 0 saturated carbocycles. The molecular weight excluding hydrogens is 365 g/mol. The summed E-state index contributed by atoms with van der Waals surface area (Å²) in [5.41, 5.74) is 1.55. The van der Waals surface area contributed by atoms with Gasteiger partial charge in [-0.25, -0.2) is 4.39 Å². The van der Waals surface area contributed by atoms with E-state index in [4.69, 9.17) is 9.47 Å². The Morgan fingerprint density at radius 1 is 1.25 bits per heavy atom. The van der Waals surface area contributed by atoms with Crippen molar-refractivity contribution in [2.75, 3.05) is 13.7 Å². The number of benzene rings is 1. The van der Waals surface area contributed by atoms with Gasteiger partial charge in [-0.1, -0.05) is 12.1 Å². The number of carbonyl (C=O) groups excluding carboxylic acids is 1. The largest absolute Gasteiger partial charge is 0.497 e. The number of esters is 1. The van der Waals surface area contributed by atoms with Crippen LogP contribution in [0.2, 0.25) is 0 Å². The van der Waals surface area contributed by atoms with Crippen LogP contribution in [0.25, 0.3) is 11.5 Å². The lowest BCUT2D eigenvalue weighted by molar-refractivity contribution is -0.141. The van der Waals surface area contributed by atoms with E-state index in [9.17, 15) is 9.18 Å². The number of carbonyl (C=O) groups is 1. The molecule has 3 rings (SSSR count). The van der Waals surface area contributed by atoms with Gasteiger partial charge in [0.1, 0.15) is 17.8 Å². The molecule has 0 atom stereocenters. The highest BCUT2D eigenvalue weighted by Crippen LogP contribution is 2.24. The molecule has 0 spiro atoms. The van der Waals surface area contributed by atoms with Crippen LogP contribution < -0.4 is 4.74 Å². The van der Waals surface area contributed by atoms with E-state index in [0.29, 0.717) is 25.3 Å². The van der Waals surface area contributed by atoms with Crippen LogP contribution in [-0.2, 0) is 22.6 Å². The molecular formula is C19H22FN5O3. The molecule has 0 unspecified atom stereocenters. The lowest BCUT2D eigenvalue weighted by Crippen LogP contribution is -2.10. The highest BCUT2D eigenvalue weighted by Gasteiger charge is 2.21. The molecule has 0 aliphatic heterocycles. The minimum absolute atomic E-state index is 0.244. The number of hydrogen-bond donors (Lipinski definition) is 0. The smallest absolute Gasteiger partial charge is 0.302 e. The summed E-state index contributed by atoms with van der Waals surface area (Å²) < 4.78 is 28.2. The second kappa shape index (κ2) is 8.64. The molecule has 0 saturated heterocycles. The van der Waals surface area contributed by atoms with Crippen LogP contribution in [0.4, 0.5) is 4.39 Å². The average molecular weight is 387 g/mol. The van der Waals surface area contributed by atoms with Gasteiger partial charge in [0, 0.05) is 19.9 Å². The van der Waals surface area contributed by atoms with Gasteiger partial charge in [0.15, 0.2) is 11.6 Å². The number of aromatic nitrogens is 5. The maximum Gasteiger partial charge on any atom is 0.302 e. The number of nitrogens with zero attached hydrogens (tertiary/aromatic N) is 5. The molecule has 0 N–H and O–H groups in total. The summed E-state index contributed by atoms with van der Waals surface area (Å²) in [5, 5.41) is 12.3. The topological polar surface area (TPSA) is 84.1 Å². The first-order chi connectivity index (χ1) is 13.5. The zero-order valence-corrected chi connectivity index (χ0v) is 16.1. The molecule has 1 aromatic carbocycles. The van der Waals surface area contributed by atoms with Gasteiger partial charge in [-0.05, 0) is 24.6 Å². The van der Waals surface area contributed by atoms with E-state index < -0.39 is 5.82 Å². The predicted octanol–water partition coefficient (Wildman–Crippen LogP) is 2.60. The first-order valence-electron chi connectivity index (χ1n) is 8.87. The van der Waals surface area contributed by atoms with Crippen LogP contribution in [-0.4, -0.2) is 44.2 Å². The first-order valence-corrected chi connectivity index (χ1v) is 8.87. The summed E-state index contributed by atoms with van der Waals surface area (Å²) >= 11 is 0. The highest BCUT2D eigenvalue weighted by atomic mass is 19.1. The van der Waals surface area contributed by atoms with Crippen LogP contribution in [0.1, 0.15) is 24.6 Å². The molecule has 0 amide bonds. The van der Waals surface area contributed by atoms with Gasteiger partial charge in [-0.3, -0.25) is 9.48 Å². The van der Waals surface area contributed by atoms with E-state index in [0.717, 1.165) is 11.3 Å². The van der Waals surface area contributed by atoms with Crippen molar-refractivity contribution < 1.29 is 18.7 Å². The van der Waals surface area contributed by atoms with Crippen LogP contribution in [0.5, 0.6) is 5.75 Å². The van der Waals surface area contributed by atoms with Crippen LogP contribution in [0.15, 0.2) is 30.6 Å². The molecule has 8 nitrogen and oxygen atoms in total. The van der Waals surface area contributed by atoms with Crippen molar-refractivity contribution in [1.29, 1.82) is 0 Å². The van der Waals surface area contributed by atoms with Crippen molar-refractivity contribution in [1.82, 2.24) is 24.5 Å². The number of halogens is 1. The Hall–Kier alpha value is -3.23. The maximum absolute atomic E-state index is 14.8. The van der Waals surface area contributed by atoms with Crippen molar-refractivity contribution >= 4 is 5.97 Å². The lowest BCUT2D eigenvalue weighted by Gasteiger charge is -2.10. The normalized spacial score (nSPS) is 10.9. The Bertz CT molecular complexity index is 949. The second-order valence-corrected chi connectivity index (χ2v) is 6.30. The van der Waals surface area contributed by atoms with Gasteiger partial charge in [0.2, 0.25) is 0 Å². The minimum atomic E-state index is -0.434. The van der Waals surface area contributed by atoms with Gasteiger partial charge >= 0.3 is 5.97 Å². The van der Waals surface area contributed by atoms with Crippen molar-refractivity contribution in [3.05, 3.63) is 47.7 Å². The van der Waals surface area contributed by atoms with Crippen LogP contribution >= 0.6 is 0 Å². The number of methoxy groups -OCH3 is 1. The summed E-state index contributed by atoms with van der Waals surface area (Å²) in [6, 6.07) is 7.59. The Labute approximate surface area is 161 Å². The van der Waals surface area contributed by atoms with Gasteiger partial charge in [0.05, 0.1) is 26.0 Å². The summed E-state index contributed by atoms with van der Waals surface area (Å²) in [6.07, 6.45) is 2.07. The monoisotopic (exact) mass is 387 g/mol. The minimum Gasteiger partial charge on any atom is -0.497 e. The SMILES string of the molecule is COc1ccc(Cn2cnnc2-c2c(F)c(C)nn2CCCOC(C)=O)cc1. The summed E-state index contributed by atoms with van der Waals surface area (Å²) in [5.74, 6) is 0.375. The first kappa shape index (κ1) is 19.5. The molecule has 0 bridgehead atoms. The molecule has 0 aliphatic rings. The van der Waals surface area contributed by atoms with Crippen LogP contribution in [0, 0.1) is 12.7 Å². The van der Waals surface area contributed by atoms with E-state index in [1.807, 2.05) is 24.3 Å². The standard InChI is InChI=1S/C19H22FN5O3/c1-13-17(20)18(25(23-13)9-4-10-28-14(2)26)19-22-21-12-24(19)11-15-5-7-16(27-3)8-6-15/h5-8,12H,4,9-11H2,1-3H3. The van der Waals surface area contributed by atoms with E-state index in [2.05, 4.69) is 15.3 Å². The third-order valence-electron chi connectivity index (χ3n) is 4.21. The predicted molar refractivity (Wildman–Crippen MR) is 99.3 cm³/mol. The Morgan fingerprint density at radius 3 is 2.68 bits per heavy atom. The summed E-state index contributed by atoms with van der Waals surface area (Å²) in [7, 11) is 1.61. The van der Waals surface area contributed by atoms with E-state index in [-0.39, 0.29) is 24.0 Å². The zero-order chi connectivity index (χ0) is 20.1. The molecule has 2 heterocycles. The molecule has 0 radical (unpaired) electrons. The third-order valence-corrected chi connectivity index (χ3v) is 4.21. The van der Waals surface area contributed by atoms with Crippen molar-refractivity contribution in [3.63, 3.8) is 0 Å². The maximum atomic E-state index is 14.8. The van der Waals surface area contributed by atoms with Gasteiger partial charge in [-0.2, -0.15) is 5.10 Å². The van der Waals surface area contributed by atoms with Crippen LogP contribution in [0.3, 0.4) is 0 Å². The quantitative estimate of drug-likeness (QED) is 0.436. The van der Waals surface area contributed by atoms with E-state index >= 15 is 0 Å². The molecule has 28 heavy (non-hydrogen) atoms. The summed E-state index contributed by atoms with van der Waals surface area (Å²) in [4.78, 5) is 10.9. The Morgan fingerprint density at radius 2 is 2.00 bits per heavy atom. The fraction of sp³-hybridized carbons (Fsp3) is 0.368. The molecule has 9 heteroatoms. The fourth-order valence-corrected chi connectivity index (χ4v) is 2.85. The van der Waals surface area contributed by atoms with Gasteiger partial charge < -0.3 is 14.0 Å². The number of hydrogen-bond acceptors (Lipinski definition) is 6. The number of aryl methyl sites for hydroxylation is 2. The third kappa shape index (κ3) is 4.36. The van der Waals surface area contributed by atoms with Gasteiger partial charge in [0.25, 0.3) is 0 Å². The zero-order valence-electron chi connectivity index (χ0n) is 16.1. The average Bonchev–Trinajstić information content (AvgIpc) is 3.23. The molecule has 0 fully saturated rings. The Balaban J connectivity index is 1.83. The Kier molecular flexibility index (Phi) is 6.03. The van der Waals surface area contributed by atoms with E-state index in [1.54, 1.807) is 29.6 Å². The van der Waals surface area contributed by atoms with Crippen molar-refractivity contribution in [3.8, 4) is 17.3 Å². The summed E-state index contributed by atoms with van der Waals surface area (Å²) in [6.45, 7) is 4.07. The molecule has 2 aromatic heterocycles. The van der Waals surface area contributed by atoms with Crippen molar-refractivity contribution in [2.45, 2.75) is 33.4 Å². The fourth-order valence-electron chi connectivity index (χ4n) is 2.85. The molecule has 148 valence electrons. The van der Waals surface area contributed by atoms with Gasteiger partial charge in [-0.15, -0.1) is 10.2 Å². The number of ether oxygens (including phenoxy) is 2. The van der Waals surface area contributed by atoms with Crippen molar-refractivity contribution in [2.24, 2.45) is 0 Å². The molecule has 3 aromatic rings. The lowest BCUT2D eigenvalue weighted by atomic mass is 10.2. The second-order valence-electron chi connectivity index (χ2n) is 6.30. The molecule has 0 aliphatic carbocycles.